The van der Waals surface area contributed by atoms with Crippen molar-refractivity contribution in [1.29, 1.82) is 0 Å². The van der Waals surface area contributed by atoms with Gasteiger partial charge in [0, 0.05) is 24.8 Å². The van der Waals surface area contributed by atoms with Crippen molar-refractivity contribution in [2.45, 2.75) is 43.9 Å². The number of primary amides is 1. The van der Waals surface area contributed by atoms with Crippen LogP contribution in [0.25, 0.3) is 0 Å². The fourth-order valence-electron chi connectivity index (χ4n) is 4.07. The summed E-state index contributed by atoms with van der Waals surface area (Å²) < 4.78 is 66.6. The molecular formula is C23H30F5N7O2. The molecule has 1 aliphatic rings. The number of anilines is 3. The summed E-state index contributed by atoms with van der Waals surface area (Å²) in [5.74, 6) is -1.71. The van der Waals surface area contributed by atoms with Crippen molar-refractivity contribution in [1.82, 2.24) is 14.9 Å². The lowest BCUT2D eigenvalue weighted by Crippen LogP contribution is -2.47. The van der Waals surface area contributed by atoms with E-state index in [0.717, 1.165) is 25.0 Å². The van der Waals surface area contributed by atoms with Crippen molar-refractivity contribution in [3.63, 3.8) is 0 Å². The molecule has 5 N–H and O–H groups in total. The van der Waals surface area contributed by atoms with Crippen molar-refractivity contribution < 1.29 is 31.5 Å². The van der Waals surface area contributed by atoms with Crippen LogP contribution in [0, 0.1) is 11.6 Å². The zero-order valence-corrected chi connectivity index (χ0v) is 20.2. The molecule has 1 aromatic heterocycles. The van der Waals surface area contributed by atoms with Crippen molar-refractivity contribution in [3.8, 4) is 0 Å². The Morgan fingerprint density at radius 1 is 1.24 bits per heavy atom. The molecule has 0 aliphatic carbocycles. The maximum absolute atomic E-state index is 14.3. The number of hydrogen-bond acceptors (Lipinski definition) is 8. The van der Waals surface area contributed by atoms with E-state index in [0.29, 0.717) is 44.8 Å². The number of aldehydes is 1. The van der Waals surface area contributed by atoms with E-state index < -0.39 is 29.4 Å². The molecule has 2 heterocycles. The van der Waals surface area contributed by atoms with Gasteiger partial charge in [0.25, 0.3) is 0 Å². The Labute approximate surface area is 211 Å². The van der Waals surface area contributed by atoms with Gasteiger partial charge in [-0.2, -0.15) is 17.6 Å². The first kappa shape index (κ1) is 29.7. The number of benzene rings is 1. The monoisotopic (exact) mass is 531 g/mol. The summed E-state index contributed by atoms with van der Waals surface area (Å²) in [4.78, 5) is 31.6. The molecule has 0 bridgehead atoms. The van der Waals surface area contributed by atoms with Gasteiger partial charge in [0.15, 0.2) is 11.6 Å². The van der Waals surface area contributed by atoms with Crippen molar-refractivity contribution >= 4 is 30.0 Å². The molecule has 0 radical (unpaired) electrons. The smallest absolute Gasteiger partial charge is 0.381 e. The lowest BCUT2D eigenvalue weighted by Gasteiger charge is -2.38. The van der Waals surface area contributed by atoms with Crippen LogP contribution >= 0.6 is 0 Å². The van der Waals surface area contributed by atoms with Gasteiger partial charge in [0.2, 0.25) is 12.2 Å². The van der Waals surface area contributed by atoms with E-state index in [-0.39, 0.29) is 29.8 Å². The van der Waals surface area contributed by atoms with Gasteiger partial charge in [-0.05, 0) is 57.5 Å². The van der Waals surface area contributed by atoms with Gasteiger partial charge in [0.05, 0.1) is 11.6 Å². The van der Waals surface area contributed by atoms with Gasteiger partial charge in [-0.25, -0.2) is 14.4 Å². The Bertz CT molecular complexity index is 1040. The molecule has 0 spiro atoms. The SMILES string of the molecule is CN(CCCC(C=O)Nc1cc(F)cc(C(F)(F)F)c1)C1CCCN(c2ncnc(N)c2F)C1.NC=O. The van der Waals surface area contributed by atoms with Gasteiger partial charge in [0.1, 0.15) is 18.4 Å². The Morgan fingerprint density at radius 3 is 2.59 bits per heavy atom. The van der Waals surface area contributed by atoms with E-state index in [9.17, 15) is 26.7 Å². The number of nitrogen functional groups attached to an aromatic ring is 1. The third kappa shape index (κ3) is 8.81. The Kier molecular flexibility index (Phi) is 11.0. The first-order valence-corrected chi connectivity index (χ1v) is 11.5. The minimum atomic E-state index is -4.69. The summed E-state index contributed by atoms with van der Waals surface area (Å²) in [5, 5.41) is 2.67. The van der Waals surface area contributed by atoms with Gasteiger partial charge in [-0.3, -0.25) is 4.79 Å². The standard InChI is InChI=1S/C22H27F5N6O.CH3NO/c1-32(18-5-3-7-33(11-18)21-19(24)20(28)29-13-30-21)6-2-4-16(12-34)31-17-9-14(22(25,26)27)8-15(23)10-17;2-1-3/h8-10,12-13,16,18,31H,2-7,11H2,1H3,(H2,28,29,30);1H,(H2,2,3). The van der Waals surface area contributed by atoms with Crippen LogP contribution in [0.15, 0.2) is 24.5 Å². The second kappa shape index (κ2) is 13.7. The van der Waals surface area contributed by atoms with Crippen molar-refractivity contribution in [2.75, 3.05) is 42.6 Å². The summed E-state index contributed by atoms with van der Waals surface area (Å²) in [7, 11) is 1.92. The number of alkyl halides is 3. The predicted molar refractivity (Wildman–Crippen MR) is 129 cm³/mol. The number of nitrogens with zero attached hydrogens (tertiary/aromatic N) is 4. The number of nitrogens with one attached hydrogen (secondary N) is 1. The summed E-state index contributed by atoms with van der Waals surface area (Å²) >= 11 is 0. The Hall–Kier alpha value is -3.55. The van der Waals surface area contributed by atoms with Crippen molar-refractivity contribution in [2.24, 2.45) is 5.73 Å². The van der Waals surface area contributed by atoms with Crippen LogP contribution in [0.4, 0.5) is 39.3 Å². The topological polar surface area (TPSA) is 130 Å². The highest BCUT2D eigenvalue weighted by atomic mass is 19.4. The number of carbonyl (C=O) groups excluding carboxylic acids is 2. The highest BCUT2D eigenvalue weighted by Gasteiger charge is 2.31. The van der Waals surface area contributed by atoms with Crippen LogP contribution in [0.2, 0.25) is 0 Å². The highest BCUT2D eigenvalue weighted by Crippen LogP contribution is 2.32. The van der Waals surface area contributed by atoms with Gasteiger partial charge in [-0.1, -0.05) is 0 Å². The molecule has 1 saturated heterocycles. The second-order valence-corrected chi connectivity index (χ2v) is 8.51. The van der Waals surface area contributed by atoms with Crippen LogP contribution in [-0.4, -0.2) is 66.3 Å². The molecule has 1 amide bonds. The fraction of sp³-hybridized carbons (Fsp3) is 0.478. The zero-order chi connectivity index (χ0) is 27.6. The number of amides is 1. The molecule has 3 rings (SSSR count). The molecular weight excluding hydrogens is 501 g/mol. The number of nitrogens with two attached hydrogens (primary N) is 2. The van der Waals surface area contributed by atoms with Crippen molar-refractivity contribution in [3.05, 3.63) is 41.7 Å². The quantitative estimate of drug-likeness (QED) is 0.333. The third-order valence-electron chi connectivity index (χ3n) is 5.88. The number of rotatable bonds is 9. The molecule has 37 heavy (non-hydrogen) atoms. The highest BCUT2D eigenvalue weighted by molar-refractivity contribution is 5.64. The predicted octanol–water partition coefficient (Wildman–Crippen LogP) is 2.82. The molecule has 1 aromatic carbocycles. The van der Waals surface area contributed by atoms with Crippen LogP contribution in [0.3, 0.4) is 0 Å². The van der Waals surface area contributed by atoms with Crippen LogP contribution in [0.5, 0.6) is 0 Å². The molecule has 9 nitrogen and oxygen atoms in total. The molecule has 1 aliphatic heterocycles. The molecule has 2 atom stereocenters. The Morgan fingerprint density at radius 2 is 1.95 bits per heavy atom. The lowest BCUT2D eigenvalue weighted by atomic mass is 10.0. The number of likely N-dealkylation sites (N-methyl/N-ethyl adjacent to an activating group) is 1. The first-order chi connectivity index (χ1) is 17.5. The van der Waals surface area contributed by atoms with E-state index in [1.54, 1.807) is 0 Å². The first-order valence-electron chi connectivity index (χ1n) is 11.5. The number of hydrogen-bond donors (Lipinski definition) is 3. The normalized spacial score (nSPS) is 16.5. The minimum Gasteiger partial charge on any atom is -0.381 e. The summed E-state index contributed by atoms with van der Waals surface area (Å²) in [6.07, 6.45) is 0.0316. The maximum Gasteiger partial charge on any atom is 0.416 e. The van der Waals surface area contributed by atoms with Gasteiger partial charge >= 0.3 is 6.18 Å². The number of aromatic nitrogens is 2. The average molecular weight is 532 g/mol. The van der Waals surface area contributed by atoms with Gasteiger partial charge < -0.3 is 31.4 Å². The molecule has 14 heteroatoms. The lowest BCUT2D eigenvalue weighted by molar-refractivity contribution is -0.137. The fourth-order valence-corrected chi connectivity index (χ4v) is 4.07. The zero-order valence-electron chi connectivity index (χ0n) is 20.2. The molecule has 1 fully saturated rings. The average Bonchev–Trinajstić information content (AvgIpc) is 2.84. The number of halogens is 5. The van der Waals surface area contributed by atoms with Gasteiger partial charge in [-0.15, -0.1) is 0 Å². The largest absolute Gasteiger partial charge is 0.416 e. The molecule has 2 aromatic rings. The number of piperidine rings is 1. The third-order valence-corrected chi connectivity index (χ3v) is 5.88. The maximum atomic E-state index is 14.3. The summed E-state index contributed by atoms with van der Waals surface area (Å²) in [6.45, 7) is 1.79. The Balaban J connectivity index is 0.00000153. The van der Waals surface area contributed by atoms with Crippen LogP contribution in [-0.2, 0) is 15.8 Å². The summed E-state index contributed by atoms with van der Waals surface area (Å²) in [5.41, 5.74) is 8.49. The van der Waals surface area contributed by atoms with E-state index in [1.807, 2.05) is 11.9 Å². The number of carbonyl (C=O) groups is 2. The van der Waals surface area contributed by atoms with Crippen LogP contribution < -0.4 is 21.7 Å². The molecule has 0 saturated carbocycles. The second-order valence-electron chi connectivity index (χ2n) is 8.51. The van der Waals surface area contributed by atoms with E-state index >= 15 is 0 Å². The summed E-state index contributed by atoms with van der Waals surface area (Å²) in [6, 6.07) is 1.46. The van der Waals surface area contributed by atoms with E-state index in [1.165, 1.54) is 6.33 Å². The van der Waals surface area contributed by atoms with Crippen LogP contribution in [0.1, 0.15) is 31.2 Å². The van der Waals surface area contributed by atoms with E-state index in [4.69, 9.17) is 10.5 Å². The molecule has 2 unspecified atom stereocenters. The minimum absolute atomic E-state index is 0.105. The van der Waals surface area contributed by atoms with E-state index in [2.05, 4.69) is 25.9 Å². The molecule has 204 valence electrons.